The van der Waals surface area contributed by atoms with Gasteiger partial charge in [0.05, 0.1) is 6.26 Å². The maximum Gasteiger partial charge on any atom is 0.178 e. The average molecular weight is 239 g/mol. The second kappa shape index (κ2) is 3.70. The molecule has 0 saturated heterocycles. The van der Waals surface area contributed by atoms with Gasteiger partial charge in [0.1, 0.15) is 5.52 Å². The lowest BCUT2D eigenvalue weighted by molar-refractivity contribution is 0.320. The van der Waals surface area contributed by atoms with Crippen molar-refractivity contribution in [3.8, 4) is 11.6 Å². The van der Waals surface area contributed by atoms with Gasteiger partial charge in [-0.25, -0.2) is 9.97 Å². The van der Waals surface area contributed by atoms with Gasteiger partial charge in [-0.15, -0.1) is 0 Å². The molecule has 3 heterocycles. The molecule has 18 heavy (non-hydrogen) atoms. The van der Waals surface area contributed by atoms with Crippen molar-refractivity contribution in [3.63, 3.8) is 0 Å². The molecule has 90 valence electrons. The Hall–Kier alpha value is -2.10. The smallest absolute Gasteiger partial charge is 0.178 e. The third-order valence-corrected chi connectivity index (χ3v) is 3.63. The molecule has 0 N–H and O–H groups in total. The van der Waals surface area contributed by atoms with Crippen molar-refractivity contribution in [2.75, 3.05) is 0 Å². The molecule has 0 atom stereocenters. The Kier molecular flexibility index (Phi) is 2.03. The summed E-state index contributed by atoms with van der Waals surface area (Å²) in [6, 6.07) is 8.30. The monoisotopic (exact) mass is 239 g/mol. The van der Waals surface area contributed by atoms with Crippen LogP contribution in [0.3, 0.4) is 0 Å². The Bertz CT molecular complexity index is 680. The number of furan rings is 1. The van der Waals surface area contributed by atoms with Crippen LogP contribution >= 0.6 is 0 Å². The summed E-state index contributed by atoms with van der Waals surface area (Å²) in [5.74, 6) is 1.72. The highest BCUT2D eigenvalue weighted by molar-refractivity contribution is 5.76. The summed E-state index contributed by atoms with van der Waals surface area (Å²) in [6.07, 6.45) is 7.21. The van der Waals surface area contributed by atoms with Gasteiger partial charge in [0, 0.05) is 12.2 Å². The Labute approximate surface area is 104 Å². The molecule has 0 spiro atoms. The number of fused-ring (bicyclic) bond motifs is 1. The van der Waals surface area contributed by atoms with Crippen LogP contribution in [0.5, 0.6) is 0 Å². The van der Waals surface area contributed by atoms with Crippen LogP contribution in [0.4, 0.5) is 0 Å². The van der Waals surface area contributed by atoms with Crippen molar-refractivity contribution >= 4 is 11.2 Å². The standard InChI is InChI=1S/C14H13N3O/c1-4-10(5-1)17-13-11(6-2-8-15-13)16-14(17)12-7-3-9-18-12/h2-3,6-10H,1,4-5H2. The lowest BCUT2D eigenvalue weighted by atomic mass is 9.92. The number of hydrogen-bond donors (Lipinski definition) is 0. The molecule has 3 aromatic heterocycles. The van der Waals surface area contributed by atoms with Gasteiger partial charge in [-0.1, -0.05) is 0 Å². The summed E-state index contributed by atoms with van der Waals surface area (Å²) in [4.78, 5) is 9.14. The highest BCUT2D eigenvalue weighted by Gasteiger charge is 2.26. The third-order valence-electron chi connectivity index (χ3n) is 3.63. The molecule has 0 unspecified atom stereocenters. The SMILES string of the molecule is c1coc(-c2nc3cccnc3n2C2CCC2)c1. The van der Waals surface area contributed by atoms with Gasteiger partial charge < -0.3 is 8.98 Å². The van der Waals surface area contributed by atoms with E-state index in [1.54, 1.807) is 6.26 Å². The lowest BCUT2D eigenvalue weighted by Gasteiger charge is -2.28. The summed E-state index contributed by atoms with van der Waals surface area (Å²) in [6.45, 7) is 0. The highest BCUT2D eigenvalue weighted by Crippen LogP contribution is 2.37. The zero-order chi connectivity index (χ0) is 11.9. The van der Waals surface area contributed by atoms with Crippen molar-refractivity contribution in [2.45, 2.75) is 25.3 Å². The minimum absolute atomic E-state index is 0.519. The van der Waals surface area contributed by atoms with E-state index in [1.165, 1.54) is 19.3 Å². The molecule has 0 amide bonds. The van der Waals surface area contributed by atoms with Crippen LogP contribution in [0.1, 0.15) is 25.3 Å². The van der Waals surface area contributed by atoms with E-state index in [1.807, 2.05) is 30.5 Å². The molecule has 0 aliphatic heterocycles. The molecule has 1 fully saturated rings. The maximum atomic E-state index is 5.50. The van der Waals surface area contributed by atoms with Crippen molar-refractivity contribution in [2.24, 2.45) is 0 Å². The molecule has 3 aromatic rings. The first-order valence-electron chi connectivity index (χ1n) is 6.30. The maximum absolute atomic E-state index is 5.50. The second-order valence-corrected chi connectivity index (χ2v) is 4.71. The zero-order valence-electron chi connectivity index (χ0n) is 9.91. The predicted molar refractivity (Wildman–Crippen MR) is 68.1 cm³/mol. The Morgan fingerprint density at radius 2 is 2.17 bits per heavy atom. The summed E-state index contributed by atoms with van der Waals surface area (Å²) in [7, 11) is 0. The second-order valence-electron chi connectivity index (χ2n) is 4.71. The fraction of sp³-hybridized carbons (Fsp3) is 0.286. The fourth-order valence-corrected chi connectivity index (χ4v) is 2.50. The Morgan fingerprint density at radius 1 is 1.22 bits per heavy atom. The average Bonchev–Trinajstić information content (AvgIpc) is 2.94. The molecule has 1 saturated carbocycles. The molecule has 0 radical (unpaired) electrons. The fourth-order valence-electron chi connectivity index (χ4n) is 2.50. The van der Waals surface area contributed by atoms with E-state index in [0.717, 1.165) is 22.7 Å². The first-order chi connectivity index (χ1) is 8.93. The van der Waals surface area contributed by atoms with Crippen LogP contribution < -0.4 is 0 Å². The van der Waals surface area contributed by atoms with Gasteiger partial charge in [-0.3, -0.25) is 0 Å². The molecular weight excluding hydrogens is 226 g/mol. The molecule has 1 aliphatic carbocycles. The van der Waals surface area contributed by atoms with Crippen molar-refractivity contribution < 1.29 is 4.42 Å². The van der Waals surface area contributed by atoms with Crippen molar-refractivity contribution in [1.82, 2.24) is 14.5 Å². The molecule has 0 bridgehead atoms. The van der Waals surface area contributed by atoms with E-state index in [9.17, 15) is 0 Å². The number of rotatable bonds is 2. The van der Waals surface area contributed by atoms with Crippen molar-refractivity contribution in [3.05, 3.63) is 36.7 Å². The van der Waals surface area contributed by atoms with Gasteiger partial charge in [0.25, 0.3) is 0 Å². The number of aromatic nitrogens is 3. The molecular formula is C14H13N3O. The quantitative estimate of drug-likeness (QED) is 0.688. The van der Waals surface area contributed by atoms with Crippen LogP contribution in [0.2, 0.25) is 0 Å². The van der Waals surface area contributed by atoms with E-state index in [2.05, 4.69) is 14.5 Å². The summed E-state index contributed by atoms with van der Waals surface area (Å²) < 4.78 is 7.73. The largest absolute Gasteiger partial charge is 0.461 e. The topological polar surface area (TPSA) is 43.9 Å². The normalized spacial score (nSPS) is 16.0. The summed E-state index contributed by atoms with van der Waals surface area (Å²) in [5.41, 5.74) is 1.91. The zero-order valence-corrected chi connectivity index (χ0v) is 9.91. The van der Waals surface area contributed by atoms with Gasteiger partial charge in [-0.05, 0) is 43.5 Å². The van der Waals surface area contributed by atoms with Gasteiger partial charge in [0.2, 0.25) is 0 Å². The van der Waals surface area contributed by atoms with E-state index >= 15 is 0 Å². The lowest BCUT2D eigenvalue weighted by Crippen LogP contribution is -2.18. The molecule has 1 aliphatic rings. The van der Waals surface area contributed by atoms with E-state index in [-0.39, 0.29) is 0 Å². The van der Waals surface area contributed by atoms with E-state index in [4.69, 9.17) is 4.42 Å². The minimum atomic E-state index is 0.519. The first-order valence-corrected chi connectivity index (χ1v) is 6.30. The van der Waals surface area contributed by atoms with Gasteiger partial charge in [0.15, 0.2) is 17.2 Å². The molecule has 0 aromatic carbocycles. The molecule has 4 nitrogen and oxygen atoms in total. The molecule has 4 rings (SSSR count). The Balaban J connectivity index is 2.00. The number of nitrogens with zero attached hydrogens (tertiary/aromatic N) is 3. The minimum Gasteiger partial charge on any atom is -0.461 e. The summed E-state index contributed by atoms with van der Waals surface area (Å²) >= 11 is 0. The van der Waals surface area contributed by atoms with Gasteiger partial charge in [-0.2, -0.15) is 0 Å². The van der Waals surface area contributed by atoms with Crippen LogP contribution in [-0.2, 0) is 0 Å². The number of hydrogen-bond acceptors (Lipinski definition) is 3. The van der Waals surface area contributed by atoms with Gasteiger partial charge >= 0.3 is 0 Å². The number of pyridine rings is 1. The first kappa shape index (κ1) is 9.88. The summed E-state index contributed by atoms with van der Waals surface area (Å²) in [5, 5.41) is 0. The molecule has 4 heteroatoms. The highest BCUT2D eigenvalue weighted by atomic mass is 16.3. The van der Waals surface area contributed by atoms with Crippen LogP contribution in [0.15, 0.2) is 41.1 Å². The Morgan fingerprint density at radius 3 is 2.89 bits per heavy atom. The van der Waals surface area contributed by atoms with Crippen LogP contribution in [-0.4, -0.2) is 14.5 Å². The van der Waals surface area contributed by atoms with E-state index in [0.29, 0.717) is 6.04 Å². The third kappa shape index (κ3) is 1.32. The van der Waals surface area contributed by atoms with Crippen LogP contribution in [0, 0.1) is 0 Å². The predicted octanol–water partition coefficient (Wildman–Crippen LogP) is 3.42. The van der Waals surface area contributed by atoms with Crippen molar-refractivity contribution in [1.29, 1.82) is 0 Å². The van der Waals surface area contributed by atoms with E-state index < -0.39 is 0 Å². The van der Waals surface area contributed by atoms with Crippen LogP contribution in [0.25, 0.3) is 22.7 Å². The number of imidazole rings is 1.